The van der Waals surface area contributed by atoms with Crippen molar-refractivity contribution in [3.63, 3.8) is 0 Å². The van der Waals surface area contributed by atoms with Gasteiger partial charge in [-0.25, -0.2) is 18.7 Å². The number of aromatic amines is 1. The Morgan fingerprint density at radius 3 is 2.69 bits per heavy atom. The van der Waals surface area contributed by atoms with E-state index < -0.39 is 23.5 Å². The summed E-state index contributed by atoms with van der Waals surface area (Å²) >= 11 is 0. The summed E-state index contributed by atoms with van der Waals surface area (Å²) in [5.41, 5.74) is 1.58. The molecule has 0 radical (unpaired) electrons. The Balaban J connectivity index is 1.51. The average Bonchev–Trinajstić information content (AvgIpc) is 3.13. The number of nitrogens with one attached hydrogen (secondary N) is 2. The molecule has 3 aliphatic rings. The third-order valence-corrected chi connectivity index (χ3v) is 6.43. The fourth-order valence-corrected chi connectivity index (χ4v) is 5.05. The SMILES string of the molecule is O=C(O)[C@H]1C2CCC(CC2)[C@@H]1Nc1nc(-c2c[nH]c3ncc(F)cc23)ccc1F. The van der Waals surface area contributed by atoms with E-state index in [1.807, 2.05) is 0 Å². The van der Waals surface area contributed by atoms with Crippen LogP contribution >= 0.6 is 0 Å². The zero-order chi connectivity index (χ0) is 20.1. The standard InChI is InChI=1S/C21H20F2N4O2/c22-12-7-13-14(9-25-19(13)24-8-12)16-6-5-15(23)20(26-16)27-18-11-3-1-10(2-4-11)17(18)21(28)29/h5-11,17-18H,1-4H2,(H,24,25)(H,26,27)(H,28,29)/t10?,11?,17-,18-/m0/s1. The molecule has 8 heteroatoms. The number of fused-ring (bicyclic) bond motifs is 4. The molecule has 0 spiro atoms. The molecule has 0 aromatic carbocycles. The third-order valence-electron chi connectivity index (χ3n) is 6.43. The van der Waals surface area contributed by atoms with Crippen LogP contribution in [0.5, 0.6) is 0 Å². The number of carboxylic acids is 1. The van der Waals surface area contributed by atoms with Gasteiger partial charge in [0.15, 0.2) is 11.6 Å². The smallest absolute Gasteiger partial charge is 0.308 e. The van der Waals surface area contributed by atoms with E-state index in [0.29, 0.717) is 22.3 Å². The molecule has 2 atom stereocenters. The van der Waals surface area contributed by atoms with Crippen LogP contribution in [0, 0.1) is 29.4 Å². The van der Waals surface area contributed by atoms with Gasteiger partial charge in [0.05, 0.1) is 17.8 Å². The fourth-order valence-electron chi connectivity index (χ4n) is 5.05. The van der Waals surface area contributed by atoms with Crippen molar-refractivity contribution in [1.29, 1.82) is 0 Å². The Morgan fingerprint density at radius 2 is 1.93 bits per heavy atom. The quantitative estimate of drug-likeness (QED) is 0.613. The normalized spacial score (nSPS) is 26.0. The highest BCUT2D eigenvalue weighted by molar-refractivity contribution is 5.92. The molecule has 6 nitrogen and oxygen atoms in total. The largest absolute Gasteiger partial charge is 0.481 e. The Labute approximate surface area is 165 Å². The number of nitrogens with zero attached hydrogens (tertiary/aromatic N) is 2. The topological polar surface area (TPSA) is 90.9 Å². The molecule has 150 valence electrons. The van der Waals surface area contributed by atoms with Crippen LogP contribution in [-0.4, -0.2) is 32.1 Å². The van der Waals surface area contributed by atoms with E-state index in [0.717, 1.165) is 31.9 Å². The van der Waals surface area contributed by atoms with Crippen LogP contribution in [0.1, 0.15) is 25.7 Å². The Morgan fingerprint density at radius 1 is 1.17 bits per heavy atom. The molecule has 3 aliphatic carbocycles. The minimum atomic E-state index is -0.841. The third kappa shape index (κ3) is 3.03. The molecule has 0 saturated heterocycles. The van der Waals surface area contributed by atoms with Crippen molar-refractivity contribution < 1.29 is 18.7 Å². The molecule has 3 heterocycles. The number of rotatable bonds is 4. The molecule has 0 unspecified atom stereocenters. The summed E-state index contributed by atoms with van der Waals surface area (Å²) in [6.45, 7) is 0. The zero-order valence-corrected chi connectivity index (χ0v) is 15.5. The van der Waals surface area contributed by atoms with Crippen molar-refractivity contribution in [3.8, 4) is 11.3 Å². The molecule has 0 aliphatic heterocycles. The highest BCUT2D eigenvalue weighted by Gasteiger charge is 2.47. The van der Waals surface area contributed by atoms with Gasteiger partial charge in [0.2, 0.25) is 0 Å². The Hall–Kier alpha value is -3.03. The Kier molecular flexibility index (Phi) is 4.22. The minimum absolute atomic E-state index is 0.0324. The van der Waals surface area contributed by atoms with Gasteiger partial charge in [0.25, 0.3) is 0 Å². The van der Waals surface area contributed by atoms with Gasteiger partial charge in [-0.05, 0) is 55.7 Å². The van der Waals surface area contributed by atoms with E-state index in [1.165, 1.54) is 18.2 Å². The van der Waals surface area contributed by atoms with E-state index in [4.69, 9.17) is 0 Å². The van der Waals surface area contributed by atoms with Crippen molar-refractivity contribution >= 4 is 22.8 Å². The molecule has 3 N–H and O–H groups in total. The van der Waals surface area contributed by atoms with E-state index in [2.05, 4.69) is 20.3 Å². The van der Waals surface area contributed by atoms with Crippen LogP contribution < -0.4 is 5.32 Å². The summed E-state index contributed by atoms with van der Waals surface area (Å²) in [5, 5.41) is 13.4. The van der Waals surface area contributed by atoms with Crippen molar-refractivity contribution in [2.45, 2.75) is 31.7 Å². The number of halogens is 2. The lowest BCUT2D eigenvalue weighted by atomic mass is 9.61. The van der Waals surface area contributed by atoms with Crippen molar-refractivity contribution in [1.82, 2.24) is 15.0 Å². The van der Waals surface area contributed by atoms with Gasteiger partial charge in [-0.2, -0.15) is 0 Å². The number of aromatic nitrogens is 3. The van der Waals surface area contributed by atoms with Gasteiger partial charge >= 0.3 is 5.97 Å². The second-order valence-electron chi connectivity index (χ2n) is 7.99. The molecule has 2 bridgehead atoms. The second-order valence-corrected chi connectivity index (χ2v) is 7.99. The van der Waals surface area contributed by atoms with E-state index in [9.17, 15) is 18.7 Å². The molecule has 29 heavy (non-hydrogen) atoms. The lowest BCUT2D eigenvalue weighted by Gasteiger charge is -2.47. The van der Waals surface area contributed by atoms with Gasteiger partial charge in [-0.1, -0.05) is 0 Å². The number of hydrogen-bond donors (Lipinski definition) is 3. The summed E-state index contributed by atoms with van der Waals surface area (Å²) in [6, 6.07) is 3.83. The number of hydrogen-bond acceptors (Lipinski definition) is 4. The molecule has 3 aromatic rings. The fraction of sp³-hybridized carbons (Fsp3) is 0.381. The molecule has 0 amide bonds. The molecule has 3 aromatic heterocycles. The van der Waals surface area contributed by atoms with E-state index in [1.54, 1.807) is 6.20 Å². The zero-order valence-electron chi connectivity index (χ0n) is 15.5. The van der Waals surface area contributed by atoms with Gasteiger partial charge < -0.3 is 15.4 Å². The first-order chi connectivity index (χ1) is 14.0. The summed E-state index contributed by atoms with van der Waals surface area (Å²) in [7, 11) is 0. The highest BCUT2D eigenvalue weighted by atomic mass is 19.1. The summed E-state index contributed by atoms with van der Waals surface area (Å²) in [5.74, 6) is -2.05. The lowest BCUT2D eigenvalue weighted by molar-refractivity contribution is -0.148. The molecule has 3 saturated carbocycles. The second kappa shape index (κ2) is 6.79. The van der Waals surface area contributed by atoms with E-state index in [-0.39, 0.29) is 23.7 Å². The number of carboxylic acid groups (broad SMARTS) is 1. The van der Waals surface area contributed by atoms with Crippen LogP contribution in [0.25, 0.3) is 22.3 Å². The predicted octanol–water partition coefficient (Wildman–Crippen LogP) is 4.20. The Bertz CT molecular complexity index is 1090. The van der Waals surface area contributed by atoms with Gasteiger partial charge in [0, 0.05) is 23.2 Å². The highest BCUT2D eigenvalue weighted by Crippen LogP contribution is 2.46. The number of anilines is 1. The number of H-pyrrole nitrogens is 1. The monoisotopic (exact) mass is 398 g/mol. The maximum absolute atomic E-state index is 14.6. The minimum Gasteiger partial charge on any atom is -0.481 e. The van der Waals surface area contributed by atoms with Crippen LogP contribution in [0.3, 0.4) is 0 Å². The molecular formula is C21H20F2N4O2. The maximum atomic E-state index is 14.6. The van der Waals surface area contributed by atoms with Gasteiger partial charge in [-0.15, -0.1) is 0 Å². The number of aliphatic carboxylic acids is 1. The van der Waals surface area contributed by atoms with Crippen molar-refractivity contribution in [3.05, 3.63) is 42.2 Å². The summed E-state index contributed by atoms with van der Waals surface area (Å²) in [6.07, 6.45) is 6.48. The van der Waals surface area contributed by atoms with Crippen molar-refractivity contribution in [2.24, 2.45) is 17.8 Å². The van der Waals surface area contributed by atoms with Crippen LogP contribution in [0.2, 0.25) is 0 Å². The number of carbonyl (C=O) groups is 1. The van der Waals surface area contributed by atoms with Gasteiger partial charge in [-0.3, -0.25) is 4.79 Å². The molecule has 6 rings (SSSR count). The van der Waals surface area contributed by atoms with Crippen LogP contribution in [0.4, 0.5) is 14.6 Å². The van der Waals surface area contributed by atoms with Gasteiger partial charge in [0.1, 0.15) is 11.5 Å². The first-order valence-corrected chi connectivity index (χ1v) is 9.80. The molecule has 3 fully saturated rings. The first-order valence-electron chi connectivity index (χ1n) is 9.80. The van der Waals surface area contributed by atoms with Crippen LogP contribution in [0.15, 0.2) is 30.6 Å². The summed E-state index contributed by atoms with van der Waals surface area (Å²) in [4.78, 5) is 23.2. The van der Waals surface area contributed by atoms with E-state index >= 15 is 0 Å². The lowest BCUT2D eigenvalue weighted by Crippen LogP contribution is -2.51. The average molecular weight is 398 g/mol. The maximum Gasteiger partial charge on any atom is 0.308 e. The summed E-state index contributed by atoms with van der Waals surface area (Å²) < 4.78 is 28.2. The number of pyridine rings is 2. The molecular weight excluding hydrogens is 378 g/mol. The van der Waals surface area contributed by atoms with Crippen LogP contribution in [-0.2, 0) is 4.79 Å². The predicted molar refractivity (Wildman–Crippen MR) is 103 cm³/mol. The first kappa shape index (κ1) is 18.0. The van der Waals surface area contributed by atoms with Crippen molar-refractivity contribution in [2.75, 3.05) is 5.32 Å².